The van der Waals surface area contributed by atoms with E-state index in [2.05, 4.69) is 16.0 Å². The third kappa shape index (κ3) is 5.49. The summed E-state index contributed by atoms with van der Waals surface area (Å²) in [6, 6.07) is 4.33. The molecule has 0 aliphatic carbocycles. The van der Waals surface area contributed by atoms with E-state index in [1.807, 2.05) is 0 Å². The Morgan fingerprint density at radius 2 is 2.00 bits per heavy atom. The summed E-state index contributed by atoms with van der Waals surface area (Å²) in [7, 11) is 3.05. The van der Waals surface area contributed by atoms with Crippen molar-refractivity contribution < 1.29 is 23.7 Å². The van der Waals surface area contributed by atoms with E-state index in [1.165, 1.54) is 25.2 Å². The molecule has 120 valence electrons. The summed E-state index contributed by atoms with van der Waals surface area (Å²) in [5.74, 6) is -1.30. The third-order valence-electron chi connectivity index (χ3n) is 3.14. The smallest absolute Gasteiger partial charge is 0.321 e. The van der Waals surface area contributed by atoms with Gasteiger partial charge in [-0.2, -0.15) is 0 Å². The van der Waals surface area contributed by atoms with Crippen LogP contribution in [0.4, 0.5) is 14.9 Å². The van der Waals surface area contributed by atoms with Gasteiger partial charge in [-0.3, -0.25) is 14.9 Å². The van der Waals surface area contributed by atoms with Crippen molar-refractivity contribution in [1.29, 1.82) is 0 Å². The lowest BCUT2D eigenvalue weighted by Crippen LogP contribution is -3.15. The van der Waals surface area contributed by atoms with Gasteiger partial charge in [-0.15, -0.1) is 0 Å². The van der Waals surface area contributed by atoms with Gasteiger partial charge in [0.2, 0.25) is 0 Å². The Kier molecular flexibility index (Phi) is 6.46. The minimum absolute atomic E-state index is 0.00115. The Labute approximate surface area is 127 Å². The molecule has 8 heteroatoms. The summed E-state index contributed by atoms with van der Waals surface area (Å²) in [5, 5.41) is 6.97. The zero-order chi connectivity index (χ0) is 16.7. The third-order valence-corrected chi connectivity index (χ3v) is 3.14. The molecule has 0 aromatic heterocycles. The molecule has 0 bridgehead atoms. The van der Waals surface area contributed by atoms with Gasteiger partial charge in [-0.1, -0.05) is 6.07 Å². The molecule has 4 amide bonds. The summed E-state index contributed by atoms with van der Waals surface area (Å²) in [6.45, 7) is 1.60. The summed E-state index contributed by atoms with van der Waals surface area (Å²) in [6.07, 6.45) is 0. The molecule has 22 heavy (non-hydrogen) atoms. The van der Waals surface area contributed by atoms with Crippen molar-refractivity contribution in [2.24, 2.45) is 0 Å². The van der Waals surface area contributed by atoms with Crippen LogP contribution in [0, 0.1) is 5.82 Å². The van der Waals surface area contributed by atoms with Gasteiger partial charge in [0.05, 0.1) is 7.05 Å². The monoisotopic (exact) mass is 311 g/mol. The largest absolute Gasteiger partial charge is 0.341 e. The molecule has 0 heterocycles. The van der Waals surface area contributed by atoms with Crippen molar-refractivity contribution in [3.8, 4) is 0 Å². The van der Waals surface area contributed by atoms with Gasteiger partial charge >= 0.3 is 6.03 Å². The number of hydrogen-bond donors (Lipinski definition) is 4. The van der Waals surface area contributed by atoms with Crippen LogP contribution in [0.25, 0.3) is 0 Å². The van der Waals surface area contributed by atoms with E-state index in [9.17, 15) is 18.8 Å². The number of amides is 4. The molecule has 0 saturated carbocycles. The second-order valence-electron chi connectivity index (χ2n) is 4.87. The maximum absolute atomic E-state index is 13.0. The van der Waals surface area contributed by atoms with Gasteiger partial charge < -0.3 is 15.5 Å². The van der Waals surface area contributed by atoms with Gasteiger partial charge in [-0.25, -0.2) is 9.18 Å². The van der Waals surface area contributed by atoms with E-state index >= 15 is 0 Å². The van der Waals surface area contributed by atoms with Crippen LogP contribution in [0.2, 0.25) is 0 Å². The average Bonchev–Trinajstić information content (AvgIpc) is 2.45. The minimum atomic E-state index is -0.603. The first-order valence-electron chi connectivity index (χ1n) is 6.73. The number of halogens is 1. The van der Waals surface area contributed by atoms with Crippen LogP contribution < -0.4 is 20.9 Å². The fourth-order valence-electron chi connectivity index (χ4n) is 1.68. The number of hydrogen-bond acceptors (Lipinski definition) is 3. The number of carbonyl (C=O) groups excluding carboxylic acids is 3. The topological polar surface area (TPSA) is 91.7 Å². The Morgan fingerprint density at radius 1 is 1.32 bits per heavy atom. The molecule has 1 aromatic carbocycles. The lowest BCUT2D eigenvalue weighted by molar-refractivity contribution is -0.885. The van der Waals surface area contributed by atoms with Crippen molar-refractivity contribution in [3.05, 3.63) is 30.1 Å². The fraction of sp³-hybridized carbons (Fsp3) is 0.357. The Hall–Kier alpha value is -2.48. The second-order valence-corrected chi connectivity index (χ2v) is 4.87. The summed E-state index contributed by atoms with van der Waals surface area (Å²) in [5.41, 5.74) is 0.347. The first kappa shape index (κ1) is 17.6. The predicted octanol–water partition coefficient (Wildman–Crippen LogP) is -0.877. The maximum Gasteiger partial charge on any atom is 0.321 e. The summed E-state index contributed by atoms with van der Waals surface area (Å²) < 4.78 is 13.0. The van der Waals surface area contributed by atoms with E-state index in [-0.39, 0.29) is 12.5 Å². The van der Waals surface area contributed by atoms with Crippen molar-refractivity contribution in [2.45, 2.75) is 13.0 Å². The molecule has 0 radical (unpaired) electrons. The molecule has 0 aliphatic rings. The molecule has 1 unspecified atom stereocenters. The van der Waals surface area contributed by atoms with Crippen LogP contribution in [0.5, 0.6) is 0 Å². The van der Waals surface area contributed by atoms with Gasteiger partial charge in [-0.05, 0) is 25.1 Å². The van der Waals surface area contributed by atoms with Crippen LogP contribution >= 0.6 is 0 Å². The highest BCUT2D eigenvalue weighted by Gasteiger charge is 2.25. The van der Waals surface area contributed by atoms with Crippen LogP contribution in [0.15, 0.2) is 24.3 Å². The molecule has 1 aromatic rings. The van der Waals surface area contributed by atoms with E-state index < -0.39 is 23.8 Å². The zero-order valence-electron chi connectivity index (χ0n) is 12.7. The Balaban J connectivity index is 2.52. The second kappa shape index (κ2) is 8.08. The van der Waals surface area contributed by atoms with Crippen molar-refractivity contribution in [3.63, 3.8) is 0 Å². The number of nitrogens with one attached hydrogen (secondary N) is 4. The highest BCUT2D eigenvalue weighted by atomic mass is 19.1. The molecular weight excluding hydrogens is 291 g/mol. The minimum Gasteiger partial charge on any atom is -0.341 e. The Bertz CT molecular complexity index is 565. The SMILES string of the molecule is CNC(=O)NC(=O)[C@@H](C)[NH+](C)CC(=O)Nc1cccc(F)c1. The normalized spacial score (nSPS) is 12.9. The molecule has 0 spiro atoms. The number of imide groups is 1. The van der Waals surface area contributed by atoms with E-state index in [0.717, 1.165) is 0 Å². The number of quaternary nitrogens is 1. The van der Waals surface area contributed by atoms with Crippen LogP contribution in [-0.2, 0) is 9.59 Å². The summed E-state index contributed by atoms with van der Waals surface area (Å²) in [4.78, 5) is 35.3. The average molecular weight is 311 g/mol. The zero-order valence-corrected chi connectivity index (χ0v) is 12.7. The molecule has 2 atom stereocenters. The number of rotatable bonds is 5. The Morgan fingerprint density at radius 3 is 2.59 bits per heavy atom. The van der Waals surface area contributed by atoms with Crippen molar-refractivity contribution >= 4 is 23.5 Å². The highest BCUT2D eigenvalue weighted by molar-refractivity contribution is 5.96. The molecule has 0 fully saturated rings. The summed E-state index contributed by atoms with van der Waals surface area (Å²) >= 11 is 0. The standard InChI is InChI=1S/C14H19FN4O3/c1-9(13(21)18-14(22)16-2)19(3)8-12(20)17-11-6-4-5-10(15)7-11/h4-7,9H,8H2,1-3H3,(H,17,20)(H2,16,18,21,22)/p+1/t9-/m1/s1. The van der Waals surface area contributed by atoms with E-state index in [0.29, 0.717) is 10.6 Å². The number of carbonyl (C=O) groups is 3. The first-order valence-corrected chi connectivity index (χ1v) is 6.73. The number of likely N-dealkylation sites (N-methyl/N-ethyl adjacent to an activating group) is 1. The van der Waals surface area contributed by atoms with Gasteiger partial charge in [0.1, 0.15) is 5.82 Å². The fourth-order valence-corrected chi connectivity index (χ4v) is 1.68. The first-order chi connectivity index (χ1) is 10.3. The molecule has 1 rings (SSSR count). The van der Waals surface area contributed by atoms with Crippen LogP contribution in [-0.4, -0.2) is 44.5 Å². The van der Waals surface area contributed by atoms with E-state index in [1.54, 1.807) is 20.0 Å². The molecular formula is C14H20FN4O3+. The molecule has 4 N–H and O–H groups in total. The van der Waals surface area contributed by atoms with Gasteiger partial charge in [0, 0.05) is 12.7 Å². The van der Waals surface area contributed by atoms with Crippen LogP contribution in [0.3, 0.4) is 0 Å². The quantitative estimate of drug-likeness (QED) is 0.569. The van der Waals surface area contributed by atoms with Crippen molar-refractivity contribution in [2.75, 3.05) is 26.0 Å². The lowest BCUT2D eigenvalue weighted by atomic mass is 10.2. The number of urea groups is 1. The molecule has 0 saturated heterocycles. The maximum atomic E-state index is 13.0. The molecule has 7 nitrogen and oxygen atoms in total. The lowest BCUT2D eigenvalue weighted by Gasteiger charge is -2.20. The predicted molar refractivity (Wildman–Crippen MR) is 78.8 cm³/mol. The van der Waals surface area contributed by atoms with Gasteiger partial charge in [0.25, 0.3) is 11.8 Å². The number of anilines is 1. The molecule has 0 aliphatic heterocycles. The van der Waals surface area contributed by atoms with Crippen molar-refractivity contribution in [1.82, 2.24) is 10.6 Å². The highest BCUT2D eigenvalue weighted by Crippen LogP contribution is 2.08. The van der Waals surface area contributed by atoms with E-state index in [4.69, 9.17) is 0 Å². The van der Waals surface area contributed by atoms with Gasteiger partial charge in [0.15, 0.2) is 12.6 Å². The number of benzene rings is 1. The van der Waals surface area contributed by atoms with Crippen LogP contribution in [0.1, 0.15) is 6.92 Å².